The van der Waals surface area contributed by atoms with Crippen LogP contribution in [-0.4, -0.2) is 92.2 Å². The molecule has 16 nitrogen and oxygen atoms in total. The number of nitrogens with one attached hydrogen (secondary N) is 2. The van der Waals surface area contributed by atoms with Crippen LogP contribution in [0.3, 0.4) is 0 Å². The first-order valence-electron chi connectivity index (χ1n) is 20.8. The van der Waals surface area contributed by atoms with Gasteiger partial charge in [-0.25, -0.2) is 9.55 Å². The molecular formula is C46H50N10O6. The number of amides is 2. The number of aromatic nitrogens is 5. The van der Waals surface area contributed by atoms with Gasteiger partial charge in [-0.15, -0.1) is 5.10 Å². The topological polar surface area (TPSA) is 194 Å². The molecule has 320 valence electrons. The van der Waals surface area contributed by atoms with Crippen LogP contribution in [0.2, 0.25) is 0 Å². The second kappa shape index (κ2) is 17.3. The van der Waals surface area contributed by atoms with Crippen molar-refractivity contribution in [2.45, 2.75) is 46.0 Å². The first kappa shape index (κ1) is 41.4. The monoisotopic (exact) mass is 838 g/mol. The number of hydrogen-bond acceptors (Lipinski definition) is 13. The molecule has 4 aromatic carbocycles. The number of carbonyl (C=O) groups excluding carboxylic acids is 2. The molecule has 16 heteroatoms. The Labute approximate surface area is 359 Å². The summed E-state index contributed by atoms with van der Waals surface area (Å²) in [5, 5.41) is 46.0. The van der Waals surface area contributed by atoms with E-state index in [2.05, 4.69) is 30.7 Å². The second-order valence-corrected chi connectivity index (χ2v) is 15.8. The molecule has 0 radical (unpaired) electrons. The molecule has 2 aliphatic rings. The molecule has 4 heterocycles. The SMILES string of the molecule is CCOc1cc(N2CCC(C(=O)NCCc3ccc(-n4c(O)nnc4-c4cc(C(C)C)c(O)cc4O)cc3)CC2)ccc1Nc1ncc2c(n1)N(C)c1ccccc1C(=O)N2C. The molecule has 8 rings (SSSR count). The van der Waals surface area contributed by atoms with E-state index in [0.29, 0.717) is 96.8 Å². The Morgan fingerprint density at radius 1 is 0.871 bits per heavy atom. The molecule has 6 aromatic rings. The highest BCUT2D eigenvalue weighted by Crippen LogP contribution is 2.41. The standard InChI is InChI=1S/C46H50N10O6/c1-6-62-40-23-31(15-16-35(40)49-45-48-26-37-42(50-45)53(4)36-10-8-7-9-32(36)44(60)54(37)5)55-21-18-29(19-22-55)43(59)47-20-17-28-11-13-30(14-12-28)56-41(51-52-46(56)61)34-24-33(27(2)3)38(57)25-39(34)58/h7-16,23-27,29,57-58H,6,17-22H2,1-5H3,(H,47,59)(H,52,61)(H,48,49,50). The zero-order chi connectivity index (χ0) is 43.7. The van der Waals surface area contributed by atoms with Crippen LogP contribution in [0.4, 0.5) is 34.5 Å². The Kier molecular flexibility index (Phi) is 11.6. The summed E-state index contributed by atoms with van der Waals surface area (Å²) in [5.74, 6) is 1.44. The number of benzene rings is 4. The summed E-state index contributed by atoms with van der Waals surface area (Å²) in [6, 6.07) is 23.5. The second-order valence-electron chi connectivity index (χ2n) is 15.8. The fourth-order valence-electron chi connectivity index (χ4n) is 8.08. The van der Waals surface area contributed by atoms with Crippen LogP contribution in [0.1, 0.15) is 61.0 Å². The number of para-hydroxylation sites is 1. The van der Waals surface area contributed by atoms with Gasteiger partial charge in [0.1, 0.15) is 22.9 Å². The highest BCUT2D eigenvalue weighted by Gasteiger charge is 2.30. The van der Waals surface area contributed by atoms with Crippen molar-refractivity contribution >= 4 is 46.3 Å². The zero-order valence-electron chi connectivity index (χ0n) is 35.3. The van der Waals surface area contributed by atoms with Crippen LogP contribution in [0.5, 0.6) is 23.3 Å². The maximum Gasteiger partial charge on any atom is 0.319 e. The Balaban J connectivity index is 0.862. The van der Waals surface area contributed by atoms with Gasteiger partial charge in [-0.1, -0.05) is 43.2 Å². The zero-order valence-corrected chi connectivity index (χ0v) is 35.3. The van der Waals surface area contributed by atoms with Crippen molar-refractivity contribution in [2.24, 2.45) is 5.92 Å². The van der Waals surface area contributed by atoms with Crippen molar-refractivity contribution in [3.8, 4) is 40.3 Å². The number of rotatable bonds is 12. The third-order valence-electron chi connectivity index (χ3n) is 11.5. The lowest BCUT2D eigenvalue weighted by atomic mass is 9.95. The number of phenolic OH excluding ortho intramolecular Hbond substituents is 2. The van der Waals surface area contributed by atoms with E-state index in [-0.39, 0.29) is 47.0 Å². The van der Waals surface area contributed by atoms with Crippen LogP contribution in [0.25, 0.3) is 17.1 Å². The molecule has 1 saturated heterocycles. The van der Waals surface area contributed by atoms with Crippen molar-refractivity contribution in [1.29, 1.82) is 0 Å². The van der Waals surface area contributed by atoms with E-state index in [1.54, 1.807) is 24.2 Å². The van der Waals surface area contributed by atoms with Gasteiger partial charge in [0.05, 0.1) is 41.0 Å². The van der Waals surface area contributed by atoms with Gasteiger partial charge < -0.3 is 45.4 Å². The van der Waals surface area contributed by atoms with E-state index in [9.17, 15) is 24.9 Å². The van der Waals surface area contributed by atoms with Gasteiger partial charge in [-0.2, -0.15) is 4.98 Å². The summed E-state index contributed by atoms with van der Waals surface area (Å²) in [6.45, 7) is 8.15. The number of fused-ring (bicyclic) bond motifs is 2. The molecule has 0 spiro atoms. The highest BCUT2D eigenvalue weighted by atomic mass is 16.5. The Bertz CT molecular complexity index is 2620. The molecule has 0 saturated carbocycles. The largest absolute Gasteiger partial charge is 0.508 e. The van der Waals surface area contributed by atoms with Gasteiger partial charge in [0.25, 0.3) is 5.91 Å². The van der Waals surface area contributed by atoms with E-state index in [0.717, 1.165) is 16.9 Å². The predicted octanol–water partition coefficient (Wildman–Crippen LogP) is 7.04. The van der Waals surface area contributed by atoms with Crippen molar-refractivity contribution in [3.63, 3.8) is 0 Å². The number of hydrogen-bond donors (Lipinski definition) is 5. The number of nitrogens with zero attached hydrogens (tertiary/aromatic N) is 8. The van der Waals surface area contributed by atoms with E-state index in [1.165, 1.54) is 10.6 Å². The van der Waals surface area contributed by atoms with E-state index in [1.807, 2.05) is 99.4 Å². The molecule has 5 N–H and O–H groups in total. The van der Waals surface area contributed by atoms with Gasteiger partial charge in [0.15, 0.2) is 11.6 Å². The smallest absolute Gasteiger partial charge is 0.319 e. The molecule has 2 aromatic heterocycles. The highest BCUT2D eigenvalue weighted by molar-refractivity contribution is 6.13. The van der Waals surface area contributed by atoms with Gasteiger partial charge in [0.2, 0.25) is 11.9 Å². The molecule has 62 heavy (non-hydrogen) atoms. The first-order valence-corrected chi connectivity index (χ1v) is 20.8. The van der Waals surface area contributed by atoms with Crippen LogP contribution >= 0.6 is 0 Å². The van der Waals surface area contributed by atoms with E-state index >= 15 is 0 Å². The van der Waals surface area contributed by atoms with Crippen molar-refractivity contribution in [2.75, 3.05) is 60.4 Å². The van der Waals surface area contributed by atoms with Crippen molar-refractivity contribution in [1.82, 2.24) is 30.0 Å². The maximum absolute atomic E-state index is 13.3. The molecular weight excluding hydrogens is 789 g/mol. The lowest BCUT2D eigenvalue weighted by molar-refractivity contribution is -0.125. The van der Waals surface area contributed by atoms with Gasteiger partial charge in [-0.3, -0.25) is 9.59 Å². The minimum absolute atomic E-state index is 0.00883. The predicted molar refractivity (Wildman–Crippen MR) is 238 cm³/mol. The van der Waals surface area contributed by atoms with Crippen molar-refractivity contribution < 1.29 is 29.6 Å². The van der Waals surface area contributed by atoms with Crippen LogP contribution in [0.15, 0.2) is 85.1 Å². The summed E-state index contributed by atoms with van der Waals surface area (Å²) >= 11 is 0. The molecule has 0 bridgehead atoms. The number of phenols is 2. The molecule has 1 fully saturated rings. The fraction of sp³-hybridized carbons (Fsp3) is 0.304. The van der Waals surface area contributed by atoms with E-state index in [4.69, 9.17) is 9.72 Å². The van der Waals surface area contributed by atoms with Crippen molar-refractivity contribution in [3.05, 3.63) is 102 Å². The molecule has 2 amide bonds. The quantitative estimate of drug-likeness (QED) is 0.0843. The summed E-state index contributed by atoms with van der Waals surface area (Å²) in [6.07, 6.45) is 3.68. The molecule has 2 aliphatic heterocycles. The summed E-state index contributed by atoms with van der Waals surface area (Å²) < 4.78 is 7.51. The normalized spacial score (nSPS) is 14.1. The third kappa shape index (κ3) is 8.10. The maximum atomic E-state index is 13.3. The number of carbonyl (C=O) groups is 2. The Morgan fingerprint density at radius 3 is 2.35 bits per heavy atom. The lowest BCUT2D eigenvalue weighted by Crippen LogP contribution is -2.41. The summed E-state index contributed by atoms with van der Waals surface area (Å²) in [7, 11) is 3.61. The average Bonchev–Trinajstić information content (AvgIpc) is 3.63. The molecule has 0 aliphatic carbocycles. The summed E-state index contributed by atoms with van der Waals surface area (Å²) in [5.41, 5.74) is 6.19. The fourth-order valence-corrected chi connectivity index (χ4v) is 8.08. The average molecular weight is 839 g/mol. The van der Waals surface area contributed by atoms with E-state index < -0.39 is 0 Å². The number of piperidine rings is 1. The van der Waals surface area contributed by atoms with Crippen LogP contribution in [0, 0.1) is 5.92 Å². The minimum Gasteiger partial charge on any atom is -0.508 e. The molecule has 0 unspecified atom stereocenters. The first-order chi connectivity index (χ1) is 29.9. The number of anilines is 6. The van der Waals surface area contributed by atoms with Gasteiger partial charge >= 0.3 is 6.01 Å². The Morgan fingerprint density at radius 2 is 1.61 bits per heavy atom. The third-order valence-corrected chi connectivity index (χ3v) is 11.5. The number of ether oxygens (including phenoxy) is 1. The van der Waals surface area contributed by atoms with Crippen LogP contribution in [-0.2, 0) is 11.2 Å². The lowest BCUT2D eigenvalue weighted by Gasteiger charge is -2.33. The minimum atomic E-state index is -0.338. The van der Waals surface area contributed by atoms with Crippen LogP contribution < -0.4 is 30.1 Å². The van der Waals surface area contributed by atoms with Gasteiger partial charge in [0, 0.05) is 57.5 Å². The Hall–Kier alpha value is -7.36. The van der Waals surface area contributed by atoms with Gasteiger partial charge in [-0.05, 0) is 85.7 Å². The number of aromatic hydroxyl groups is 3. The summed E-state index contributed by atoms with van der Waals surface area (Å²) in [4.78, 5) is 41.6. The molecule has 0 atom stereocenters.